The van der Waals surface area contributed by atoms with Crippen LogP contribution in [0.5, 0.6) is 0 Å². The molecule has 1 saturated carbocycles. The van der Waals surface area contributed by atoms with Crippen molar-refractivity contribution < 1.29 is 22.4 Å². The third kappa shape index (κ3) is 5.04. The molecular weight excluding hydrogens is 346 g/mol. The van der Waals surface area contributed by atoms with Crippen molar-refractivity contribution in [3.05, 3.63) is 41.8 Å². The number of carbonyl (C=O) groups excluding carboxylic acids is 1. The average molecular weight is 363 g/mol. The Morgan fingerprint density at radius 1 is 1.31 bits per heavy atom. The van der Waals surface area contributed by atoms with Crippen LogP contribution in [0, 0.1) is 29.5 Å². The van der Waals surface area contributed by atoms with Crippen LogP contribution in [0.2, 0.25) is 0 Å². The first-order valence-corrected chi connectivity index (χ1v) is 8.43. The molecule has 0 spiro atoms. The Kier molecular flexibility index (Phi) is 5.26. The Hall–Kier alpha value is -2.42. The third-order valence-corrected chi connectivity index (χ3v) is 4.26. The molecule has 1 unspecified atom stereocenters. The van der Waals surface area contributed by atoms with E-state index in [2.05, 4.69) is 16.8 Å². The number of nitrogens with zero attached hydrogens (tertiary/aromatic N) is 1. The number of Topliss-reactive ketones (excluding diaryl/α,β-unsaturated/α-hetero) is 1. The number of para-hydroxylation sites is 1. The zero-order valence-electron chi connectivity index (χ0n) is 13.9. The molecule has 2 aromatic rings. The molecule has 0 saturated heterocycles. The first-order chi connectivity index (χ1) is 12.3. The van der Waals surface area contributed by atoms with Gasteiger partial charge in [-0.15, -0.1) is 5.92 Å². The number of alkyl halides is 3. The van der Waals surface area contributed by atoms with Gasteiger partial charge in [-0.1, -0.05) is 18.1 Å². The summed E-state index contributed by atoms with van der Waals surface area (Å²) in [5.74, 6) is 3.72. The van der Waals surface area contributed by atoms with Gasteiger partial charge in [-0.3, -0.25) is 9.78 Å². The summed E-state index contributed by atoms with van der Waals surface area (Å²) < 4.78 is 52.0. The zero-order chi connectivity index (χ0) is 18.7. The molecule has 1 fully saturated rings. The molecule has 0 N–H and O–H groups in total. The molecule has 1 aromatic carbocycles. The predicted molar refractivity (Wildman–Crippen MR) is 89.7 cm³/mol. The van der Waals surface area contributed by atoms with Crippen LogP contribution in [0.4, 0.5) is 17.6 Å². The fourth-order valence-corrected chi connectivity index (χ4v) is 2.74. The lowest BCUT2D eigenvalue weighted by molar-refractivity contribution is -0.152. The highest BCUT2D eigenvalue weighted by molar-refractivity contribution is 5.85. The predicted octanol–water partition coefficient (Wildman–Crippen LogP) is 4.86. The van der Waals surface area contributed by atoms with E-state index >= 15 is 0 Å². The van der Waals surface area contributed by atoms with Crippen molar-refractivity contribution >= 4 is 16.7 Å². The second-order valence-corrected chi connectivity index (χ2v) is 6.61. The molecule has 6 heteroatoms. The van der Waals surface area contributed by atoms with Gasteiger partial charge >= 0.3 is 6.18 Å². The fourth-order valence-electron chi connectivity index (χ4n) is 2.74. The van der Waals surface area contributed by atoms with Gasteiger partial charge in [-0.05, 0) is 30.5 Å². The number of benzene rings is 1. The number of pyridine rings is 1. The average Bonchev–Trinajstić information content (AvgIpc) is 3.37. The highest BCUT2D eigenvalue weighted by atomic mass is 19.4. The minimum absolute atomic E-state index is 0.0928. The summed E-state index contributed by atoms with van der Waals surface area (Å²) in [6.45, 7) is 0. The standard InChI is InChI=1S/C20H17F4NO/c21-17-6-2-4-15-9-14(12-25-19(15)17)10-18(26)16(11-20(22,23)24)5-1-3-13-7-8-13/h2,4,6,9,12-13,16H,5,7-8,10-11H2. The van der Waals surface area contributed by atoms with Gasteiger partial charge < -0.3 is 0 Å². The fraction of sp³-hybridized carbons (Fsp3) is 0.400. The minimum Gasteiger partial charge on any atom is -0.299 e. The number of aromatic nitrogens is 1. The van der Waals surface area contributed by atoms with E-state index in [1.54, 1.807) is 12.1 Å². The van der Waals surface area contributed by atoms with Crippen molar-refractivity contribution in [3.63, 3.8) is 0 Å². The van der Waals surface area contributed by atoms with E-state index in [1.165, 1.54) is 18.3 Å². The number of halogens is 4. The van der Waals surface area contributed by atoms with Crippen LogP contribution in [0.25, 0.3) is 10.9 Å². The van der Waals surface area contributed by atoms with Crippen LogP contribution in [-0.2, 0) is 11.2 Å². The van der Waals surface area contributed by atoms with Gasteiger partial charge in [0.1, 0.15) is 17.1 Å². The molecule has 1 atom stereocenters. The molecule has 0 aliphatic heterocycles. The maximum atomic E-state index is 13.6. The lowest BCUT2D eigenvalue weighted by Gasteiger charge is -2.15. The molecule has 0 amide bonds. The Bertz CT molecular complexity index is 875. The van der Waals surface area contributed by atoms with Crippen molar-refractivity contribution in [1.82, 2.24) is 4.98 Å². The molecular formula is C20H17F4NO. The van der Waals surface area contributed by atoms with Gasteiger partial charge in [-0.2, -0.15) is 13.2 Å². The van der Waals surface area contributed by atoms with Gasteiger partial charge in [0.25, 0.3) is 0 Å². The lowest BCUT2D eigenvalue weighted by Crippen LogP contribution is -2.23. The Labute approximate surface area is 148 Å². The topological polar surface area (TPSA) is 30.0 Å². The van der Waals surface area contributed by atoms with E-state index < -0.39 is 30.1 Å². The quantitative estimate of drug-likeness (QED) is 0.561. The summed E-state index contributed by atoms with van der Waals surface area (Å²) in [5, 5.41) is 0.510. The zero-order valence-corrected chi connectivity index (χ0v) is 13.9. The van der Waals surface area contributed by atoms with E-state index in [0.29, 0.717) is 10.9 Å². The van der Waals surface area contributed by atoms with E-state index in [1.807, 2.05) is 0 Å². The molecule has 2 nitrogen and oxygen atoms in total. The molecule has 1 aliphatic rings. The number of hydrogen-bond donors (Lipinski definition) is 0. The van der Waals surface area contributed by atoms with Gasteiger partial charge in [0, 0.05) is 36.3 Å². The maximum Gasteiger partial charge on any atom is 0.389 e. The second-order valence-electron chi connectivity index (χ2n) is 6.61. The highest BCUT2D eigenvalue weighted by Crippen LogP contribution is 2.30. The van der Waals surface area contributed by atoms with E-state index in [0.717, 1.165) is 12.8 Å². The SMILES string of the molecule is O=C(Cc1cnc2c(F)cccc2c1)C(CC#CC1CC1)CC(F)(F)F. The van der Waals surface area contributed by atoms with Crippen LogP contribution in [0.1, 0.15) is 31.2 Å². The summed E-state index contributed by atoms with van der Waals surface area (Å²) in [5.41, 5.74) is 0.640. The van der Waals surface area contributed by atoms with Crippen LogP contribution in [0.3, 0.4) is 0 Å². The Morgan fingerprint density at radius 3 is 2.77 bits per heavy atom. The van der Waals surface area contributed by atoms with Crippen molar-refractivity contribution in [3.8, 4) is 11.8 Å². The first kappa shape index (κ1) is 18.4. The number of hydrogen-bond acceptors (Lipinski definition) is 2. The van der Waals surface area contributed by atoms with Gasteiger partial charge in [0.2, 0.25) is 0 Å². The first-order valence-electron chi connectivity index (χ1n) is 8.43. The highest BCUT2D eigenvalue weighted by Gasteiger charge is 2.34. The summed E-state index contributed by atoms with van der Waals surface area (Å²) in [6, 6.07) is 6.03. The largest absolute Gasteiger partial charge is 0.389 e. The summed E-state index contributed by atoms with van der Waals surface area (Å²) in [6.07, 6.45) is -2.58. The van der Waals surface area contributed by atoms with Gasteiger partial charge in [0.15, 0.2) is 0 Å². The third-order valence-electron chi connectivity index (χ3n) is 4.26. The molecule has 136 valence electrons. The molecule has 1 aromatic heterocycles. The molecule has 0 radical (unpaired) electrons. The van der Waals surface area contributed by atoms with Crippen LogP contribution in [-0.4, -0.2) is 16.9 Å². The maximum absolute atomic E-state index is 13.6. The van der Waals surface area contributed by atoms with Crippen LogP contribution < -0.4 is 0 Å². The van der Waals surface area contributed by atoms with E-state index in [-0.39, 0.29) is 24.3 Å². The van der Waals surface area contributed by atoms with Crippen molar-refractivity contribution in [1.29, 1.82) is 0 Å². The number of rotatable bonds is 5. The Morgan fingerprint density at radius 2 is 2.08 bits per heavy atom. The molecule has 0 bridgehead atoms. The smallest absolute Gasteiger partial charge is 0.299 e. The van der Waals surface area contributed by atoms with Crippen LogP contribution >= 0.6 is 0 Å². The van der Waals surface area contributed by atoms with Crippen molar-refractivity contribution in [2.24, 2.45) is 11.8 Å². The summed E-state index contributed by atoms with van der Waals surface area (Å²) >= 11 is 0. The summed E-state index contributed by atoms with van der Waals surface area (Å²) in [4.78, 5) is 16.4. The molecule has 1 aliphatic carbocycles. The summed E-state index contributed by atoms with van der Waals surface area (Å²) in [7, 11) is 0. The van der Waals surface area contributed by atoms with Crippen molar-refractivity contribution in [2.45, 2.75) is 38.3 Å². The minimum atomic E-state index is -4.42. The van der Waals surface area contributed by atoms with E-state index in [9.17, 15) is 22.4 Å². The number of ketones is 1. The second kappa shape index (κ2) is 7.45. The van der Waals surface area contributed by atoms with Gasteiger partial charge in [0.05, 0.1) is 6.42 Å². The normalized spacial score (nSPS) is 15.4. The molecule has 3 rings (SSSR count). The van der Waals surface area contributed by atoms with Crippen molar-refractivity contribution in [2.75, 3.05) is 0 Å². The van der Waals surface area contributed by atoms with Crippen LogP contribution in [0.15, 0.2) is 30.5 Å². The number of carbonyl (C=O) groups is 1. The number of fused-ring (bicyclic) bond motifs is 1. The van der Waals surface area contributed by atoms with Gasteiger partial charge in [-0.25, -0.2) is 4.39 Å². The monoisotopic (exact) mass is 363 g/mol. The lowest BCUT2D eigenvalue weighted by atomic mass is 9.92. The molecule has 26 heavy (non-hydrogen) atoms. The molecule has 1 heterocycles. The Balaban J connectivity index is 1.74. The van der Waals surface area contributed by atoms with E-state index in [4.69, 9.17) is 0 Å².